The lowest BCUT2D eigenvalue weighted by Gasteiger charge is -2.12. The monoisotopic (exact) mass is 636 g/mol. The summed E-state index contributed by atoms with van der Waals surface area (Å²) in [5, 5.41) is 0. The third kappa shape index (κ3) is 13.5. The van der Waals surface area contributed by atoms with E-state index in [1.807, 2.05) is 12.1 Å². The van der Waals surface area contributed by atoms with Gasteiger partial charge in [-0.3, -0.25) is 0 Å². The second-order valence-electron chi connectivity index (χ2n) is 9.04. The van der Waals surface area contributed by atoms with Gasteiger partial charge in [-0.05, 0) is 60.9 Å². The van der Waals surface area contributed by atoms with Gasteiger partial charge in [-0.2, -0.15) is 0 Å². The lowest BCUT2D eigenvalue weighted by Crippen LogP contribution is -3.61. The zero-order valence-corrected chi connectivity index (χ0v) is 25.2. The van der Waals surface area contributed by atoms with E-state index in [4.69, 9.17) is 4.74 Å². The highest BCUT2D eigenvalue weighted by atomic mass is 127. The minimum Gasteiger partial charge on any atom is -0.744 e. The first-order valence-corrected chi connectivity index (χ1v) is 16.9. The highest BCUT2D eigenvalue weighted by Gasteiger charge is 2.14. The molecule has 0 aliphatic carbocycles. The lowest BCUT2D eigenvalue weighted by molar-refractivity contribution is -0.597. The third-order valence-electron chi connectivity index (χ3n) is 6.04. The van der Waals surface area contributed by atoms with E-state index in [1.165, 1.54) is 64.6 Å². The predicted octanol–water partition coefficient (Wildman–Crippen LogP) is 4.88. The molecule has 0 saturated heterocycles. The van der Waals surface area contributed by atoms with Crippen LogP contribution in [0.25, 0.3) is 0 Å². The van der Waals surface area contributed by atoms with Crippen LogP contribution in [0.15, 0.2) is 83.8 Å². The summed E-state index contributed by atoms with van der Waals surface area (Å²) in [6.45, 7) is 2.23. The van der Waals surface area contributed by atoms with Crippen LogP contribution in [-0.4, -0.2) is 20.1 Å². The lowest BCUT2D eigenvalue weighted by atomic mass is 10.0. The average Bonchev–Trinajstić information content (AvgIpc) is 2.91. The van der Waals surface area contributed by atoms with Crippen molar-refractivity contribution in [3.05, 3.63) is 91.6 Å². The molecule has 0 aromatic heterocycles. The topological polar surface area (TPSA) is 66.4 Å². The van der Waals surface area contributed by atoms with Gasteiger partial charge in [-0.15, -0.1) is 0 Å². The number of ether oxygens (including phenoxy) is 1. The SMILES string of the molecule is CCCCCCCCCCCCc1ccccc1S(=O)(=O)[O-].COc1ccc([I+]c2ccccc2)cc1. The van der Waals surface area contributed by atoms with E-state index in [0.717, 1.165) is 18.6 Å². The van der Waals surface area contributed by atoms with Crippen molar-refractivity contribution in [3.63, 3.8) is 0 Å². The van der Waals surface area contributed by atoms with Crippen LogP contribution in [0.4, 0.5) is 0 Å². The van der Waals surface area contributed by atoms with Gasteiger partial charge in [-0.25, -0.2) is 8.42 Å². The molecule has 3 aromatic carbocycles. The third-order valence-corrected chi connectivity index (χ3v) is 9.66. The molecule has 202 valence electrons. The fraction of sp³-hybridized carbons (Fsp3) is 0.419. The molecule has 0 fully saturated rings. The summed E-state index contributed by atoms with van der Waals surface area (Å²) in [4.78, 5) is -0.0501. The van der Waals surface area contributed by atoms with Crippen molar-refractivity contribution < 1.29 is 38.9 Å². The molecule has 3 rings (SSSR count). The number of hydrogen-bond donors (Lipinski definition) is 0. The molecular weight excluding hydrogens is 595 g/mol. The molecule has 0 aliphatic heterocycles. The Morgan fingerprint density at radius 2 is 1.19 bits per heavy atom. The largest absolute Gasteiger partial charge is 0.744 e. The molecule has 4 nitrogen and oxygen atoms in total. The standard InChI is InChI=1S/C18H30O3S.C13H12IO/c1-2-3-4-5-6-7-8-9-10-11-14-17-15-12-13-16-18(17)22(19,20)21;1-15-13-9-7-12(8-10-13)14-11-5-3-2-4-6-11/h12-13,15-16H,2-11,14H2,1H3,(H,19,20,21);2-10H,1H3/q;+1/p-1. The molecule has 0 radical (unpaired) electrons. The van der Waals surface area contributed by atoms with Gasteiger partial charge in [0.1, 0.15) is 15.9 Å². The van der Waals surface area contributed by atoms with Gasteiger partial charge < -0.3 is 9.29 Å². The first kappa shape index (κ1) is 31.3. The van der Waals surface area contributed by atoms with E-state index in [1.54, 1.807) is 25.3 Å². The fourth-order valence-corrected chi connectivity index (χ4v) is 6.94. The van der Waals surface area contributed by atoms with Crippen LogP contribution in [0.2, 0.25) is 0 Å². The van der Waals surface area contributed by atoms with Gasteiger partial charge in [0, 0.05) is 0 Å². The summed E-state index contributed by atoms with van der Waals surface area (Å²) >= 11 is -0.0449. The molecule has 6 heteroatoms. The Labute approximate surface area is 234 Å². The highest BCUT2D eigenvalue weighted by Crippen LogP contribution is 2.18. The van der Waals surface area contributed by atoms with Gasteiger partial charge in [0.25, 0.3) is 0 Å². The van der Waals surface area contributed by atoms with Gasteiger partial charge >= 0.3 is 21.2 Å². The Morgan fingerprint density at radius 3 is 1.76 bits per heavy atom. The van der Waals surface area contributed by atoms with E-state index < -0.39 is 10.1 Å². The molecule has 3 aromatic rings. The summed E-state index contributed by atoms with van der Waals surface area (Å²) in [5.74, 6) is 0.927. The maximum absolute atomic E-state index is 11.2. The molecule has 0 spiro atoms. The van der Waals surface area contributed by atoms with Crippen molar-refractivity contribution in [2.75, 3.05) is 7.11 Å². The minimum atomic E-state index is -4.35. The van der Waals surface area contributed by atoms with Crippen LogP contribution in [-0.2, 0) is 16.5 Å². The van der Waals surface area contributed by atoms with Crippen molar-refractivity contribution in [2.45, 2.75) is 82.4 Å². The zero-order chi connectivity index (χ0) is 26.8. The number of rotatable bonds is 15. The van der Waals surface area contributed by atoms with Crippen LogP contribution in [0.5, 0.6) is 5.75 Å². The zero-order valence-electron chi connectivity index (χ0n) is 22.2. The van der Waals surface area contributed by atoms with Crippen LogP contribution in [0.3, 0.4) is 0 Å². The van der Waals surface area contributed by atoms with Crippen LogP contribution < -0.4 is 25.9 Å². The minimum absolute atomic E-state index is 0.0449. The first-order valence-electron chi connectivity index (χ1n) is 13.3. The molecule has 0 amide bonds. The number of methoxy groups -OCH3 is 1. The van der Waals surface area contributed by atoms with Crippen LogP contribution in [0.1, 0.15) is 76.7 Å². The Kier molecular flexibility index (Phi) is 15.5. The summed E-state index contributed by atoms with van der Waals surface area (Å²) in [7, 11) is -2.65. The van der Waals surface area contributed by atoms with Gasteiger partial charge in [0.2, 0.25) is 0 Å². The van der Waals surface area contributed by atoms with E-state index in [0.29, 0.717) is 12.0 Å². The van der Waals surface area contributed by atoms with Crippen molar-refractivity contribution >= 4 is 10.1 Å². The Hall–Kier alpha value is -1.90. The molecule has 0 N–H and O–H groups in total. The molecule has 0 aliphatic rings. The average molecular weight is 637 g/mol. The number of benzene rings is 3. The number of halogens is 1. The summed E-state index contributed by atoms with van der Waals surface area (Å²) in [5.41, 5.74) is 0.664. The van der Waals surface area contributed by atoms with Gasteiger partial charge in [0.05, 0.1) is 12.0 Å². The Bertz CT molecular complexity index is 1100. The molecule has 0 heterocycles. The van der Waals surface area contributed by atoms with Crippen LogP contribution >= 0.6 is 0 Å². The Balaban J connectivity index is 0.000000278. The number of aryl methyl sites for hydroxylation is 1. The molecular formula is C31H41IO4S. The van der Waals surface area contributed by atoms with E-state index >= 15 is 0 Å². The van der Waals surface area contributed by atoms with Crippen molar-refractivity contribution in [1.82, 2.24) is 0 Å². The van der Waals surface area contributed by atoms with Gasteiger partial charge in [-0.1, -0.05) is 101 Å². The smallest absolute Gasteiger partial charge is 0.357 e. The van der Waals surface area contributed by atoms with E-state index in [9.17, 15) is 13.0 Å². The second kappa shape index (κ2) is 18.4. The maximum Gasteiger partial charge on any atom is 0.357 e. The predicted molar refractivity (Wildman–Crippen MR) is 147 cm³/mol. The molecule has 37 heavy (non-hydrogen) atoms. The summed E-state index contributed by atoms with van der Waals surface area (Å²) < 4.78 is 41.5. The van der Waals surface area contributed by atoms with E-state index in [2.05, 4.69) is 49.4 Å². The normalized spacial score (nSPS) is 11.0. The van der Waals surface area contributed by atoms with Crippen molar-refractivity contribution in [1.29, 1.82) is 0 Å². The molecule has 0 atom stereocenters. The number of unbranched alkanes of at least 4 members (excludes halogenated alkanes) is 9. The van der Waals surface area contributed by atoms with E-state index in [-0.39, 0.29) is 26.1 Å². The molecule has 0 saturated carbocycles. The van der Waals surface area contributed by atoms with Crippen LogP contribution in [0, 0.1) is 7.14 Å². The highest BCUT2D eigenvalue weighted by molar-refractivity contribution is 7.85. The summed E-state index contributed by atoms with van der Waals surface area (Å²) in [6, 6.07) is 25.5. The van der Waals surface area contributed by atoms with Crippen molar-refractivity contribution in [3.8, 4) is 5.75 Å². The molecule has 0 bridgehead atoms. The maximum atomic E-state index is 11.2. The van der Waals surface area contributed by atoms with Gasteiger partial charge in [0.15, 0.2) is 7.14 Å². The Morgan fingerprint density at radius 1 is 0.676 bits per heavy atom. The second-order valence-corrected chi connectivity index (χ2v) is 13.4. The quantitative estimate of drug-likeness (QED) is 0.136. The van der Waals surface area contributed by atoms with Crippen molar-refractivity contribution in [2.24, 2.45) is 0 Å². The fourth-order valence-electron chi connectivity index (χ4n) is 3.99. The summed E-state index contributed by atoms with van der Waals surface area (Å²) in [6.07, 6.45) is 13.2. The number of hydrogen-bond acceptors (Lipinski definition) is 4. The first-order chi connectivity index (χ1) is 17.9. The molecule has 0 unspecified atom stereocenters.